The van der Waals surface area contributed by atoms with Crippen molar-refractivity contribution in [2.45, 2.75) is 96.6 Å². The molecule has 0 saturated carbocycles. The van der Waals surface area contributed by atoms with Gasteiger partial charge in [0, 0.05) is 34.1 Å². The lowest BCUT2D eigenvalue weighted by Gasteiger charge is -2.33. The highest BCUT2D eigenvalue weighted by Crippen LogP contribution is 2.37. The summed E-state index contributed by atoms with van der Waals surface area (Å²) >= 11 is 2.23. The second-order valence-electron chi connectivity index (χ2n) is 11.0. The Morgan fingerprint density at radius 3 is 2.52 bits per heavy atom. The minimum absolute atomic E-state index is 0.119. The summed E-state index contributed by atoms with van der Waals surface area (Å²) in [4.78, 5) is 19.1. The minimum Gasteiger partial charge on any atom is -0.598 e. The van der Waals surface area contributed by atoms with E-state index in [-0.39, 0.29) is 22.4 Å². The lowest BCUT2D eigenvalue weighted by Crippen LogP contribution is -2.45. The summed E-state index contributed by atoms with van der Waals surface area (Å²) in [6.07, 6.45) is 4.12. The Hall–Kier alpha value is -0.830. The maximum Gasteiger partial charge on any atom is 0.410 e. The molecule has 3 unspecified atom stereocenters. The van der Waals surface area contributed by atoms with E-state index in [0.717, 1.165) is 29.4 Å². The predicted molar refractivity (Wildman–Crippen MR) is 130 cm³/mol. The summed E-state index contributed by atoms with van der Waals surface area (Å²) in [7, 11) is 0. The second-order valence-corrected chi connectivity index (χ2v) is 13.9. The van der Waals surface area contributed by atoms with E-state index in [1.165, 1.54) is 0 Å². The van der Waals surface area contributed by atoms with Gasteiger partial charge in [-0.2, -0.15) is 0 Å². The van der Waals surface area contributed by atoms with Crippen LogP contribution in [-0.4, -0.2) is 43.0 Å². The fourth-order valence-corrected chi connectivity index (χ4v) is 4.87. The number of ether oxygens (including phenoxy) is 1. The van der Waals surface area contributed by atoms with Crippen molar-refractivity contribution in [1.29, 1.82) is 0 Å². The number of pyridine rings is 1. The molecule has 1 aliphatic rings. The highest BCUT2D eigenvalue weighted by Gasteiger charge is 2.43. The molecule has 0 aromatic carbocycles. The Bertz CT molecular complexity index is 744. The van der Waals surface area contributed by atoms with Crippen molar-refractivity contribution in [2.24, 2.45) is 5.92 Å². The average Bonchev–Trinajstić information content (AvgIpc) is 2.91. The first kappa shape index (κ1) is 26.4. The van der Waals surface area contributed by atoms with Gasteiger partial charge in [0.1, 0.15) is 10.3 Å². The molecule has 1 aromatic heterocycles. The Kier molecular flexibility index (Phi) is 8.50. The third-order valence-electron chi connectivity index (χ3n) is 5.35. The monoisotopic (exact) mass is 515 g/mol. The molecule has 8 heteroatoms. The fourth-order valence-electron chi connectivity index (χ4n) is 3.79. The minimum atomic E-state index is -1.20. The van der Waals surface area contributed by atoms with Crippen LogP contribution >= 0.6 is 15.9 Å². The summed E-state index contributed by atoms with van der Waals surface area (Å²) < 4.78 is 22.2. The van der Waals surface area contributed by atoms with E-state index in [9.17, 15) is 9.35 Å². The largest absolute Gasteiger partial charge is 0.598 e. The third kappa shape index (κ3) is 7.91. The van der Waals surface area contributed by atoms with Gasteiger partial charge in [0.15, 0.2) is 0 Å². The molecule has 6 nitrogen and oxygen atoms in total. The highest BCUT2D eigenvalue weighted by atomic mass is 79.9. The maximum absolute atomic E-state index is 12.8. The van der Waals surface area contributed by atoms with E-state index < -0.39 is 17.0 Å². The van der Waals surface area contributed by atoms with Gasteiger partial charge in [-0.3, -0.25) is 4.98 Å². The zero-order valence-corrected chi connectivity index (χ0v) is 22.5. The van der Waals surface area contributed by atoms with Crippen LogP contribution in [0, 0.1) is 5.92 Å². The van der Waals surface area contributed by atoms with Crippen molar-refractivity contribution in [2.75, 3.05) is 6.54 Å². The molecule has 1 saturated heterocycles. The number of nitrogens with zero attached hydrogens (tertiary/aromatic N) is 2. The number of hydrogen-bond acceptors (Lipinski definition) is 5. The Labute approximate surface area is 199 Å². The SMILES string of the molecule is CC(C)(C)OC(=O)N1CC(CCC(N[S+]([O-])C(C)(C)C)c2ccc(Br)cn2)CC1(C)C. The Morgan fingerprint density at radius 2 is 2.00 bits per heavy atom. The van der Waals surface area contributed by atoms with Crippen LogP contribution in [-0.2, 0) is 16.1 Å². The van der Waals surface area contributed by atoms with E-state index in [2.05, 4.69) is 39.5 Å². The number of likely N-dealkylation sites (tertiary alicyclic amines) is 1. The standard InChI is InChI=1S/C23H38BrN3O3S/c1-21(2,3)30-20(28)27-15-16(13-23(27,7)8)9-11-19(26-31(29)22(4,5)6)18-12-10-17(24)14-25-18/h10,12,14,16,19,26H,9,11,13,15H2,1-8H3. The normalized spacial score (nSPS) is 21.1. The summed E-state index contributed by atoms with van der Waals surface area (Å²) in [5.41, 5.74) is 0.118. The lowest BCUT2D eigenvalue weighted by atomic mass is 9.91. The van der Waals surface area contributed by atoms with Crippen molar-refractivity contribution < 1.29 is 14.1 Å². The van der Waals surface area contributed by atoms with E-state index in [4.69, 9.17) is 4.74 Å². The van der Waals surface area contributed by atoms with Crippen molar-refractivity contribution in [3.05, 3.63) is 28.5 Å². The smallest absolute Gasteiger partial charge is 0.410 e. The number of hydrogen-bond donors (Lipinski definition) is 1. The van der Waals surface area contributed by atoms with Gasteiger partial charge in [0.2, 0.25) is 0 Å². The van der Waals surface area contributed by atoms with Gasteiger partial charge in [-0.05, 0) is 109 Å². The number of carbonyl (C=O) groups is 1. The van der Waals surface area contributed by atoms with Crippen molar-refractivity contribution >= 4 is 33.4 Å². The molecule has 0 aliphatic carbocycles. The van der Waals surface area contributed by atoms with Crippen LogP contribution in [0.5, 0.6) is 0 Å². The maximum atomic E-state index is 12.8. The molecule has 0 bridgehead atoms. The van der Waals surface area contributed by atoms with Crippen LogP contribution in [0.25, 0.3) is 0 Å². The van der Waals surface area contributed by atoms with Gasteiger partial charge < -0.3 is 14.2 Å². The fraction of sp³-hybridized carbons (Fsp3) is 0.739. The van der Waals surface area contributed by atoms with Gasteiger partial charge >= 0.3 is 6.09 Å². The zero-order valence-electron chi connectivity index (χ0n) is 20.1. The van der Waals surface area contributed by atoms with Crippen molar-refractivity contribution in [1.82, 2.24) is 14.6 Å². The van der Waals surface area contributed by atoms with Crippen LogP contribution < -0.4 is 4.72 Å². The van der Waals surface area contributed by atoms with Gasteiger partial charge in [-0.25, -0.2) is 4.79 Å². The molecule has 3 atom stereocenters. The number of nitrogens with one attached hydrogen (secondary N) is 1. The summed E-state index contributed by atoms with van der Waals surface area (Å²) in [6.45, 7) is 16.4. The molecule has 1 aliphatic heterocycles. The van der Waals surface area contributed by atoms with Gasteiger partial charge in [-0.1, -0.05) is 0 Å². The number of halogens is 1. The molecular weight excluding hydrogens is 478 g/mol. The molecule has 1 fully saturated rings. The summed E-state index contributed by atoms with van der Waals surface area (Å²) in [5.74, 6) is 0.352. The van der Waals surface area contributed by atoms with Crippen molar-refractivity contribution in [3.63, 3.8) is 0 Å². The molecule has 1 aromatic rings. The average molecular weight is 517 g/mol. The van der Waals surface area contributed by atoms with E-state index in [0.29, 0.717) is 12.5 Å². The van der Waals surface area contributed by atoms with Gasteiger partial charge in [-0.15, -0.1) is 4.72 Å². The first-order valence-electron chi connectivity index (χ1n) is 10.9. The Balaban J connectivity index is 2.08. The quantitative estimate of drug-likeness (QED) is 0.487. The Morgan fingerprint density at radius 1 is 1.35 bits per heavy atom. The number of amides is 1. The number of carbonyl (C=O) groups excluding carboxylic acids is 1. The number of rotatable bonds is 6. The van der Waals surface area contributed by atoms with Gasteiger partial charge in [0.05, 0.1) is 11.7 Å². The van der Waals surface area contributed by atoms with Crippen LogP contribution in [0.1, 0.15) is 86.4 Å². The predicted octanol–water partition coefficient (Wildman–Crippen LogP) is 5.75. The first-order valence-corrected chi connectivity index (χ1v) is 12.8. The topological polar surface area (TPSA) is 77.5 Å². The number of aromatic nitrogens is 1. The third-order valence-corrected chi connectivity index (χ3v) is 7.43. The molecule has 176 valence electrons. The van der Waals surface area contributed by atoms with Crippen LogP contribution in [0.2, 0.25) is 0 Å². The summed E-state index contributed by atoms with van der Waals surface area (Å²) in [6, 6.07) is 3.81. The molecule has 0 radical (unpaired) electrons. The molecule has 31 heavy (non-hydrogen) atoms. The molecule has 0 spiro atoms. The first-order chi connectivity index (χ1) is 14.1. The van der Waals surface area contributed by atoms with Gasteiger partial charge in [0.25, 0.3) is 0 Å². The van der Waals surface area contributed by atoms with E-state index in [1.807, 2.05) is 58.6 Å². The highest BCUT2D eigenvalue weighted by molar-refractivity contribution is 9.10. The van der Waals surface area contributed by atoms with E-state index in [1.54, 1.807) is 6.20 Å². The molecule has 2 rings (SSSR count). The molecular formula is C23H38BrN3O3S. The molecule has 2 heterocycles. The van der Waals surface area contributed by atoms with E-state index >= 15 is 0 Å². The van der Waals surface area contributed by atoms with Crippen molar-refractivity contribution in [3.8, 4) is 0 Å². The molecule has 1 amide bonds. The van der Waals surface area contributed by atoms with Crippen LogP contribution in [0.4, 0.5) is 4.79 Å². The second kappa shape index (κ2) is 9.98. The zero-order chi connectivity index (χ0) is 23.6. The lowest BCUT2D eigenvalue weighted by molar-refractivity contribution is 0.0131. The molecule has 1 N–H and O–H groups in total. The van der Waals surface area contributed by atoms with Crippen LogP contribution in [0.3, 0.4) is 0 Å². The van der Waals surface area contributed by atoms with Crippen LogP contribution in [0.15, 0.2) is 22.8 Å². The summed E-state index contributed by atoms with van der Waals surface area (Å²) in [5, 5.41) is 0.